The molecule has 0 aliphatic carbocycles. The van der Waals surface area contributed by atoms with Gasteiger partial charge in [0.15, 0.2) is 5.82 Å². The number of anilines is 1. The van der Waals surface area contributed by atoms with Gasteiger partial charge in [-0.25, -0.2) is 9.97 Å². The average Bonchev–Trinajstić information content (AvgIpc) is 3.23. The summed E-state index contributed by atoms with van der Waals surface area (Å²) in [4.78, 5) is 16.4. The quantitative estimate of drug-likeness (QED) is 0.804. The molecule has 0 spiro atoms. The molecule has 142 valence electrons. The molecule has 0 aromatic carbocycles. The van der Waals surface area contributed by atoms with Crippen LogP contribution >= 0.6 is 0 Å². The number of rotatable bonds is 5. The van der Waals surface area contributed by atoms with E-state index in [1.807, 2.05) is 6.07 Å². The molecule has 7 heteroatoms. The van der Waals surface area contributed by atoms with Gasteiger partial charge >= 0.3 is 0 Å². The second kappa shape index (κ2) is 7.31. The Bertz CT molecular complexity index is 751. The molecule has 0 amide bonds. The van der Waals surface area contributed by atoms with Crippen LogP contribution in [0.1, 0.15) is 82.7 Å². The molecule has 1 aliphatic heterocycles. The van der Waals surface area contributed by atoms with Crippen molar-refractivity contribution in [1.82, 2.24) is 20.1 Å². The van der Waals surface area contributed by atoms with Crippen LogP contribution in [0, 0.1) is 0 Å². The molecule has 0 N–H and O–H groups in total. The van der Waals surface area contributed by atoms with Gasteiger partial charge in [-0.15, -0.1) is 0 Å². The van der Waals surface area contributed by atoms with E-state index in [0.29, 0.717) is 12.5 Å². The highest BCUT2D eigenvalue weighted by molar-refractivity contribution is 5.44. The Hall–Kier alpha value is -2.02. The fourth-order valence-corrected chi connectivity index (χ4v) is 3.11. The molecular weight excluding hydrogens is 330 g/mol. The summed E-state index contributed by atoms with van der Waals surface area (Å²) >= 11 is 0. The topological polar surface area (TPSA) is 77.2 Å². The summed E-state index contributed by atoms with van der Waals surface area (Å²) < 4.78 is 10.7. The normalized spacial score (nSPS) is 18.1. The Morgan fingerprint density at radius 1 is 1.27 bits per heavy atom. The smallest absolute Gasteiger partial charge is 0.229 e. The van der Waals surface area contributed by atoms with Crippen molar-refractivity contribution in [3.63, 3.8) is 0 Å². The van der Waals surface area contributed by atoms with Gasteiger partial charge in [-0.05, 0) is 12.8 Å². The van der Waals surface area contributed by atoms with Crippen LogP contribution in [-0.4, -0.2) is 33.8 Å². The van der Waals surface area contributed by atoms with Gasteiger partial charge in [0.2, 0.25) is 5.89 Å². The zero-order valence-corrected chi connectivity index (χ0v) is 16.6. The van der Waals surface area contributed by atoms with E-state index >= 15 is 0 Å². The van der Waals surface area contributed by atoms with Crippen LogP contribution in [0.2, 0.25) is 0 Å². The summed E-state index contributed by atoms with van der Waals surface area (Å²) in [6, 6.07) is 2.10. The Labute approximate surface area is 155 Å². The van der Waals surface area contributed by atoms with Crippen LogP contribution in [0.3, 0.4) is 0 Å². The van der Waals surface area contributed by atoms with Gasteiger partial charge in [0, 0.05) is 31.1 Å². The van der Waals surface area contributed by atoms with Crippen molar-refractivity contribution in [3.8, 4) is 0 Å². The number of aromatic nitrogens is 4. The molecule has 26 heavy (non-hydrogen) atoms. The zero-order chi connectivity index (χ0) is 18.9. The number of methoxy groups -OCH3 is 1. The van der Waals surface area contributed by atoms with Crippen LogP contribution in [-0.2, 0) is 16.8 Å². The van der Waals surface area contributed by atoms with E-state index in [4.69, 9.17) is 14.2 Å². The van der Waals surface area contributed by atoms with Crippen molar-refractivity contribution in [2.75, 3.05) is 18.6 Å². The number of nitrogens with zero attached hydrogens (tertiary/aromatic N) is 5. The molecule has 2 aromatic rings. The number of hydrogen-bond donors (Lipinski definition) is 0. The lowest BCUT2D eigenvalue weighted by Gasteiger charge is -2.26. The molecule has 0 bridgehead atoms. The molecule has 0 saturated carbocycles. The third-order valence-electron chi connectivity index (χ3n) is 4.53. The second-order valence-corrected chi connectivity index (χ2v) is 8.22. The first-order valence-corrected chi connectivity index (χ1v) is 9.27. The van der Waals surface area contributed by atoms with Crippen molar-refractivity contribution in [2.24, 2.45) is 0 Å². The molecular formula is C19H29N5O2. The maximum atomic E-state index is 5.42. The molecule has 1 saturated heterocycles. The third kappa shape index (κ3) is 3.87. The van der Waals surface area contributed by atoms with Crippen molar-refractivity contribution < 1.29 is 9.26 Å². The van der Waals surface area contributed by atoms with Crippen LogP contribution < -0.4 is 4.90 Å². The van der Waals surface area contributed by atoms with Crippen LogP contribution in [0.4, 0.5) is 5.82 Å². The molecule has 3 rings (SSSR count). The second-order valence-electron chi connectivity index (χ2n) is 8.22. The molecule has 3 heterocycles. The van der Waals surface area contributed by atoms with Gasteiger partial charge in [0.1, 0.15) is 11.6 Å². The molecule has 7 nitrogen and oxygen atoms in total. The predicted molar refractivity (Wildman–Crippen MR) is 99.2 cm³/mol. The van der Waals surface area contributed by atoms with E-state index in [0.717, 1.165) is 42.5 Å². The SMILES string of the molecule is COCc1cc(N2CCCC2c2noc(C(C)C)n2)nc(C(C)(C)C)n1. The van der Waals surface area contributed by atoms with E-state index in [-0.39, 0.29) is 17.4 Å². The minimum absolute atomic E-state index is 0.0874. The lowest BCUT2D eigenvalue weighted by atomic mass is 9.95. The molecule has 1 aliphatic rings. The number of hydrogen-bond acceptors (Lipinski definition) is 7. The first kappa shape index (κ1) is 18.8. The van der Waals surface area contributed by atoms with Crippen LogP contribution in [0.15, 0.2) is 10.6 Å². The molecule has 1 atom stereocenters. The summed E-state index contributed by atoms with van der Waals surface area (Å²) in [7, 11) is 1.68. The fourth-order valence-electron chi connectivity index (χ4n) is 3.11. The van der Waals surface area contributed by atoms with E-state index in [1.54, 1.807) is 7.11 Å². The van der Waals surface area contributed by atoms with Crippen molar-refractivity contribution in [1.29, 1.82) is 0 Å². The van der Waals surface area contributed by atoms with Crippen molar-refractivity contribution >= 4 is 5.82 Å². The Kier molecular flexibility index (Phi) is 5.27. The average molecular weight is 359 g/mol. The largest absolute Gasteiger partial charge is 0.378 e. The van der Waals surface area contributed by atoms with Crippen LogP contribution in [0.25, 0.3) is 0 Å². The minimum Gasteiger partial charge on any atom is -0.378 e. The number of ether oxygens (including phenoxy) is 1. The Balaban J connectivity index is 1.96. The highest BCUT2D eigenvalue weighted by Crippen LogP contribution is 2.35. The molecule has 0 radical (unpaired) electrons. The summed E-state index contributed by atoms with van der Waals surface area (Å²) in [5, 5.41) is 4.23. The maximum Gasteiger partial charge on any atom is 0.229 e. The zero-order valence-electron chi connectivity index (χ0n) is 16.6. The van der Waals surface area contributed by atoms with Gasteiger partial charge in [-0.1, -0.05) is 39.8 Å². The standard InChI is InChI=1S/C19H29N5O2/c1-12(2)17-22-16(23-26-17)14-8-7-9-24(14)15-10-13(11-25-6)20-18(21-15)19(3,4)5/h10,12,14H,7-9,11H2,1-6H3. The molecule has 1 unspecified atom stereocenters. The summed E-state index contributed by atoms with van der Waals surface area (Å²) in [5.74, 6) is 3.39. The lowest BCUT2D eigenvalue weighted by molar-refractivity contribution is 0.181. The van der Waals surface area contributed by atoms with E-state index in [1.165, 1.54) is 0 Å². The van der Waals surface area contributed by atoms with Crippen molar-refractivity contribution in [2.45, 2.75) is 71.4 Å². The Morgan fingerprint density at radius 3 is 2.65 bits per heavy atom. The predicted octanol–water partition coefficient (Wildman–Crippen LogP) is 3.77. The highest BCUT2D eigenvalue weighted by atomic mass is 16.5. The molecule has 2 aromatic heterocycles. The fraction of sp³-hybridized carbons (Fsp3) is 0.684. The van der Waals surface area contributed by atoms with Crippen LogP contribution in [0.5, 0.6) is 0 Å². The maximum absolute atomic E-state index is 5.42. The monoisotopic (exact) mass is 359 g/mol. The van der Waals surface area contributed by atoms with Crippen molar-refractivity contribution in [3.05, 3.63) is 29.3 Å². The first-order valence-electron chi connectivity index (χ1n) is 9.27. The third-order valence-corrected chi connectivity index (χ3v) is 4.53. The summed E-state index contributed by atoms with van der Waals surface area (Å²) in [6.07, 6.45) is 2.07. The first-order chi connectivity index (χ1) is 12.3. The van der Waals surface area contributed by atoms with Gasteiger partial charge < -0.3 is 14.2 Å². The summed E-state index contributed by atoms with van der Waals surface area (Å²) in [6.45, 7) is 11.9. The summed E-state index contributed by atoms with van der Waals surface area (Å²) in [5.41, 5.74) is 0.758. The van der Waals surface area contributed by atoms with E-state index in [2.05, 4.69) is 54.6 Å². The molecule has 1 fully saturated rings. The van der Waals surface area contributed by atoms with E-state index in [9.17, 15) is 0 Å². The van der Waals surface area contributed by atoms with E-state index < -0.39 is 0 Å². The highest BCUT2D eigenvalue weighted by Gasteiger charge is 2.32. The van der Waals surface area contributed by atoms with Gasteiger partial charge in [0.05, 0.1) is 18.3 Å². The van der Waals surface area contributed by atoms with Gasteiger partial charge in [-0.3, -0.25) is 0 Å². The minimum atomic E-state index is -0.134. The lowest BCUT2D eigenvalue weighted by Crippen LogP contribution is -2.27. The Morgan fingerprint density at radius 2 is 2.04 bits per heavy atom. The van der Waals surface area contributed by atoms with Gasteiger partial charge in [0.25, 0.3) is 0 Å². The van der Waals surface area contributed by atoms with Gasteiger partial charge in [-0.2, -0.15) is 4.98 Å².